The smallest absolute Gasteiger partial charge is 0.275 e. The largest absolute Gasteiger partial charge is 0.439 e. The van der Waals surface area contributed by atoms with Crippen LogP contribution in [0.25, 0.3) is 0 Å². The van der Waals surface area contributed by atoms with Crippen molar-refractivity contribution in [1.29, 1.82) is 0 Å². The highest BCUT2D eigenvalue weighted by Crippen LogP contribution is 2.20. The molecule has 24 heavy (non-hydrogen) atoms. The number of carbonyl (C=O) groups is 1. The molecule has 0 radical (unpaired) electrons. The van der Waals surface area contributed by atoms with E-state index in [1.165, 1.54) is 11.3 Å². The first-order valence-corrected chi connectivity index (χ1v) is 8.06. The molecule has 0 spiro atoms. The number of anilines is 1. The SMILES string of the molecule is COCc1nc(C(=O)Nc2ccc(Oc3ccccc3)nc2)cs1. The van der Waals surface area contributed by atoms with E-state index < -0.39 is 0 Å². The summed E-state index contributed by atoms with van der Waals surface area (Å²) in [5.41, 5.74) is 0.929. The van der Waals surface area contributed by atoms with E-state index in [-0.39, 0.29) is 5.91 Å². The van der Waals surface area contributed by atoms with Crippen LogP contribution in [0.4, 0.5) is 5.69 Å². The zero-order valence-corrected chi connectivity index (χ0v) is 13.7. The predicted molar refractivity (Wildman–Crippen MR) is 91.5 cm³/mol. The fourth-order valence-corrected chi connectivity index (χ4v) is 2.67. The van der Waals surface area contributed by atoms with Crippen LogP contribution in [0.3, 0.4) is 0 Å². The molecule has 7 heteroatoms. The summed E-state index contributed by atoms with van der Waals surface area (Å²) in [5, 5.41) is 5.21. The van der Waals surface area contributed by atoms with Crippen molar-refractivity contribution in [3.05, 3.63) is 64.7 Å². The molecule has 1 amide bonds. The van der Waals surface area contributed by atoms with Gasteiger partial charge in [-0.3, -0.25) is 4.79 Å². The number of carbonyl (C=O) groups excluding carboxylic acids is 1. The van der Waals surface area contributed by atoms with Gasteiger partial charge >= 0.3 is 0 Å². The third-order valence-corrected chi connectivity index (χ3v) is 3.83. The van der Waals surface area contributed by atoms with Gasteiger partial charge in [-0.15, -0.1) is 11.3 Å². The van der Waals surface area contributed by atoms with Crippen LogP contribution in [0.1, 0.15) is 15.5 Å². The molecule has 0 saturated heterocycles. The van der Waals surface area contributed by atoms with Gasteiger partial charge in [-0.05, 0) is 18.2 Å². The fraction of sp³-hybridized carbons (Fsp3) is 0.118. The van der Waals surface area contributed by atoms with Crippen molar-refractivity contribution in [1.82, 2.24) is 9.97 Å². The van der Waals surface area contributed by atoms with Crippen LogP contribution in [0.2, 0.25) is 0 Å². The minimum atomic E-state index is -0.285. The third kappa shape index (κ3) is 4.15. The van der Waals surface area contributed by atoms with Gasteiger partial charge in [-0.25, -0.2) is 9.97 Å². The Kier molecular flexibility index (Phi) is 5.15. The molecular weight excluding hydrogens is 326 g/mol. The van der Waals surface area contributed by atoms with Crippen molar-refractivity contribution < 1.29 is 14.3 Å². The van der Waals surface area contributed by atoms with Crippen LogP contribution in [-0.2, 0) is 11.3 Å². The van der Waals surface area contributed by atoms with E-state index in [0.717, 1.165) is 5.01 Å². The number of nitrogens with one attached hydrogen (secondary N) is 1. The Balaban J connectivity index is 1.62. The van der Waals surface area contributed by atoms with Crippen LogP contribution in [-0.4, -0.2) is 23.0 Å². The Morgan fingerprint density at radius 2 is 2.04 bits per heavy atom. The lowest BCUT2D eigenvalue weighted by Gasteiger charge is -2.06. The molecule has 2 heterocycles. The molecule has 0 aliphatic rings. The summed E-state index contributed by atoms with van der Waals surface area (Å²) < 4.78 is 10.6. The third-order valence-electron chi connectivity index (χ3n) is 3.01. The van der Waals surface area contributed by atoms with E-state index in [2.05, 4.69) is 15.3 Å². The van der Waals surface area contributed by atoms with Gasteiger partial charge < -0.3 is 14.8 Å². The lowest BCUT2D eigenvalue weighted by Crippen LogP contribution is -2.12. The lowest BCUT2D eigenvalue weighted by molar-refractivity contribution is 0.102. The number of hydrogen-bond acceptors (Lipinski definition) is 6. The summed E-state index contributed by atoms with van der Waals surface area (Å²) in [6.45, 7) is 0.394. The summed E-state index contributed by atoms with van der Waals surface area (Å²) in [7, 11) is 1.59. The molecule has 1 N–H and O–H groups in total. The maximum absolute atomic E-state index is 12.1. The number of methoxy groups -OCH3 is 1. The molecular formula is C17H15N3O3S. The van der Waals surface area contributed by atoms with E-state index >= 15 is 0 Å². The quantitative estimate of drug-likeness (QED) is 0.739. The number of amides is 1. The average Bonchev–Trinajstić information content (AvgIpc) is 3.07. The first kappa shape index (κ1) is 16.1. The highest BCUT2D eigenvalue weighted by atomic mass is 32.1. The molecule has 1 aromatic carbocycles. The number of benzene rings is 1. The lowest BCUT2D eigenvalue weighted by atomic mass is 10.3. The van der Waals surface area contributed by atoms with E-state index in [9.17, 15) is 4.79 Å². The molecule has 0 saturated carbocycles. The van der Waals surface area contributed by atoms with E-state index in [4.69, 9.17) is 9.47 Å². The highest BCUT2D eigenvalue weighted by Gasteiger charge is 2.11. The normalized spacial score (nSPS) is 10.4. The van der Waals surface area contributed by atoms with Gasteiger partial charge in [0, 0.05) is 18.6 Å². The second-order valence-electron chi connectivity index (χ2n) is 4.81. The molecule has 3 aromatic rings. The number of para-hydroxylation sites is 1. The maximum Gasteiger partial charge on any atom is 0.275 e. The van der Waals surface area contributed by atoms with Gasteiger partial charge in [0.05, 0.1) is 18.5 Å². The van der Waals surface area contributed by atoms with E-state index in [1.807, 2.05) is 30.3 Å². The van der Waals surface area contributed by atoms with Crippen LogP contribution in [0.5, 0.6) is 11.6 Å². The van der Waals surface area contributed by atoms with Crippen LogP contribution < -0.4 is 10.1 Å². The fourth-order valence-electron chi connectivity index (χ4n) is 1.92. The number of thiazole rings is 1. The number of aromatic nitrogens is 2. The Labute approximate surface area is 143 Å². The van der Waals surface area contributed by atoms with Crippen molar-refractivity contribution in [2.75, 3.05) is 12.4 Å². The Morgan fingerprint density at radius 3 is 2.75 bits per heavy atom. The maximum atomic E-state index is 12.1. The zero-order chi connectivity index (χ0) is 16.8. The highest BCUT2D eigenvalue weighted by molar-refractivity contribution is 7.09. The molecule has 0 aliphatic heterocycles. The Morgan fingerprint density at radius 1 is 1.21 bits per heavy atom. The summed E-state index contributed by atoms with van der Waals surface area (Å²) in [4.78, 5) is 20.5. The molecule has 0 bridgehead atoms. The van der Waals surface area contributed by atoms with Crippen molar-refractivity contribution in [2.24, 2.45) is 0 Å². The summed E-state index contributed by atoms with van der Waals surface area (Å²) in [6.07, 6.45) is 1.54. The minimum absolute atomic E-state index is 0.285. The number of rotatable bonds is 6. The molecule has 2 aromatic heterocycles. The predicted octanol–water partition coefficient (Wildman–Crippen LogP) is 3.73. The van der Waals surface area contributed by atoms with E-state index in [0.29, 0.717) is 29.6 Å². The number of nitrogens with zero attached hydrogens (tertiary/aromatic N) is 2. The first-order chi connectivity index (χ1) is 11.7. The average molecular weight is 341 g/mol. The Bertz CT molecular complexity index is 803. The van der Waals surface area contributed by atoms with Crippen molar-refractivity contribution >= 4 is 22.9 Å². The van der Waals surface area contributed by atoms with Crippen molar-refractivity contribution in [3.63, 3.8) is 0 Å². The van der Waals surface area contributed by atoms with E-state index in [1.54, 1.807) is 30.8 Å². The molecule has 0 aliphatic carbocycles. The molecule has 6 nitrogen and oxygen atoms in total. The first-order valence-electron chi connectivity index (χ1n) is 7.18. The molecule has 122 valence electrons. The van der Waals surface area contributed by atoms with Gasteiger partial charge in [0.15, 0.2) is 0 Å². The summed E-state index contributed by atoms with van der Waals surface area (Å²) in [6, 6.07) is 12.8. The second kappa shape index (κ2) is 7.67. The molecule has 0 fully saturated rings. The van der Waals surface area contributed by atoms with Crippen LogP contribution >= 0.6 is 11.3 Å². The van der Waals surface area contributed by atoms with Crippen molar-refractivity contribution in [2.45, 2.75) is 6.61 Å². The molecule has 0 atom stereocenters. The van der Waals surface area contributed by atoms with Gasteiger partial charge in [0.2, 0.25) is 5.88 Å². The van der Waals surface area contributed by atoms with Crippen LogP contribution in [0.15, 0.2) is 54.0 Å². The molecule has 3 rings (SSSR count). The number of hydrogen-bond donors (Lipinski definition) is 1. The Hall–Kier alpha value is -2.77. The molecule has 0 unspecified atom stereocenters. The number of pyridine rings is 1. The second-order valence-corrected chi connectivity index (χ2v) is 5.76. The topological polar surface area (TPSA) is 73.3 Å². The zero-order valence-electron chi connectivity index (χ0n) is 12.9. The van der Waals surface area contributed by atoms with Gasteiger partial charge in [-0.1, -0.05) is 18.2 Å². The monoisotopic (exact) mass is 341 g/mol. The number of ether oxygens (including phenoxy) is 2. The minimum Gasteiger partial charge on any atom is -0.439 e. The summed E-state index contributed by atoms with van der Waals surface area (Å²) >= 11 is 1.38. The van der Waals surface area contributed by atoms with Crippen LogP contribution in [0, 0.1) is 0 Å². The van der Waals surface area contributed by atoms with Gasteiger partial charge in [0.1, 0.15) is 16.5 Å². The van der Waals surface area contributed by atoms with Gasteiger partial charge in [-0.2, -0.15) is 0 Å². The van der Waals surface area contributed by atoms with Crippen molar-refractivity contribution in [3.8, 4) is 11.6 Å². The standard InChI is InChI=1S/C17H15N3O3S/c1-22-10-16-20-14(11-24-16)17(21)19-12-7-8-15(18-9-12)23-13-5-3-2-4-6-13/h2-9,11H,10H2,1H3,(H,19,21). The van der Waals surface area contributed by atoms with Gasteiger partial charge in [0.25, 0.3) is 5.91 Å². The summed E-state index contributed by atoms with van der Waals surface area (Å²) in [5.74, 6) is 0.873.